The molecule has 1 aliphatic rings. The van der Waals surface area contributed by atoms with Gasteiger partial charge in [0.05, 0.1) is 0 Å². The number of carbonyl (C=O) groups is 1. The lowest BCUT2D eigenvalue weighted by Crippen LogP contribution is -2.27. The van der Waals surface area contributed by atoms with Crippen molar-refractivity contribution in [2.45, 2.75) is 44.6 Å². The molecule has 2 heterocycles. The minimum atomic E-state index is 0.141. The molecule has 1 fully saturated rings. The van der Waals surface area contributed by atoms with Crippen molar-refractivity contribution in [2.24, 2.45) is 0 Å². The molecule has 5 heteroatoms. The summed E-state index contributed by atoms with van der Waals surface area (Å²) < 4.78 is 0. The molecule has 1 aromatic heterocycles. The van der Waals surface area contributed by atoms with Crippen LogP contribution in [0.1, 0.15) is 36.5 Å². The van der Waals surface area contributed by atoms with Crippen LogP contribution in [0.15, 0.2) is 30.3 Å². The Kier molecular flexibility index (Phi) is 4.28. The fourth-order valence-electron chi connectivity index (χ4n) is 2.70. The highest BCUT2D eigenvalue weighted by atomic mass is 16.1. The second-order valence-electron chi connectivity index (χ2n) is 5.54. The molecular weight excluding hydrogens is 264 g/mol. The first-order valence-electron chi connectivity index (χ1n) is 7.53. The van der Waals surface area contributed by atoms with Gasteiger partial charge in [-0.2, -0.15) is 5.10 Å². The maximum Gasteiger partial charge on any atom is 0.220 e. The van der Waals surface area contributed by atoms with E-state index in [9.17, 15) is 4.79 Å². The molecule has 21 heavy (non-hydrogen) atoms. The quantitative estimate of drug-likeness (QED) is 0.849. The third kappa shape index (κ3) is 3.90. The van der Waals surface area contributed by atoms with Crippen molar-refractivity contribution in [3.05, 3.63) is 47.5 Å². The lowest BCUT2D eigenvalue weighted by atomic mass is 10.1. The molecule has 0 spiro atoms. The Morgan fingerprint density at radius 2 is 2.05 bits per heavy atom. The Hall–Kier alpha value is -2.17. The van der Waals surface area contributed by atoms with E-state index >= 15 is 0 Å². The molecule has 1 amide bonds. The molecule has 1 aromatic carbocycles. The molecule has 0 bridgehead atoms. The van der Waals surface area contributed by atoms with Gasteiger partial charge in [0.25, 0.3) is 0 Å². The Morgan fingerprint density at radius 3 is 2.81 bits per heavy atom. The summed E-state index contributed by atoms with van der Waals surface area (Å²) in [4.78, 5) is 15.7. The number of aromatic nitrogens is 3. The topological polar surface area (TPSA) is 70.7 Å². The molecule has 110 valence electrons. The minimum absolute atomic E-state index is 0.141. The molecule has 0 aliphatic carbocycles. The van der Waals surface area contributed by atoms with E-state index in [1.54, 1.807) is 0 Å². The smallest absolute Gasteiger partial charge is 0.220 e. The predicted octanol–water partition coefficient (Wildman–Crippen LogP) is 1.80. The molecule has 2 N–H and O–H groups in total. The van der Waals surface area contributed by atoms with Crippen LogP contribution in [0.5, 0.6) is 0 Å². The van der Waals surface area contributed by atoms with E-state index in [1.165, 1.54) is 5.56 Å². The second kappa shape index (κ2) is 6.52. The van der Waals surface area contributed by atoms with E-state index < -0.39 is 0 Å². The van der Waals surface area contributed by atoms with Gasteiger partial charge in [-0.3, -0.25) is 9.89 Å². The van der Waals surface area contributed by atoms with E-state index in [1.807, 2.05) is 6.07 Å². The van der Waals surface area contributed by atoms with Crippen LogP contribution in [0.4, 0.5) is 0 Å². The minimum Gasteiger partial charge on any atom is -0.353 e. The summed E-state index contributed by atoms with van der Waals surface area (Å²) >= 11 is 0. The monoisotopic (exact) mass is 284 g/mol. The van der Waals surface area contributed by atoms with E-state index in [-0.39, 0.29) is 11.9 Å². The third-order valence-electron chi connectivity index (χ3n) is 3.81. The number of nitrogens with one attached hydrogen (secondary N) is 2. The molecule has 0 unspecified atom stereocenters. The first kappa shape index (κ1) is 13.8. The van der Waals surface area contributed by atoms with Crippen molar-refractivity contribution >= 4 is 5.91 Å². The number of aromatic amines is 1. The highest BCUT2D eigenvalue weighted by Crippen LogP contribution is 2.11. The van der Waals surface area contributed by atoms with Gasteiger partial charge in [-0.1, -0.05) is 30.3 Å². The Bertz CT molecular complexity index is 593. The molecule has 0 saturated carbocycles. The van der Waals surface area contributed by atoms with Crippen LogP contribution in [-0.2, 0) is 24.1 Å². The average molecular weight is 284 g/mol. The van der Waals surface area contributed by atoms with Crippen LogP contribution in [0.2, 0.25) is 0 Å². The first-order valence-corrected chi connectivity index (χ1v) is 7.53. The number of carbonyl (C=O) groups excluding carboxylic acids is 1. The maximum absolute atomic E-state index is 11.2. The summed E-state index contributed by atoms with van der Waals surface area (Å²) in [5.74, 6) is 1.88. The number of aryl methyl sites for hydroxylation is 2. The number of hydrogen-bond donors (Lipinski definition) is 2. The first-order chi connectivity index (χ1) is 10.3. The van der Waals surface area contributed by atoms with E-state index in [4.69, 9.17) is 0 Å². The van der Waals surface area contributed by atoms with Crippen molar-refractivity contribution in [1.29, 1.82) is 0 Å². The Morgan fingerprint density at radius 1 is 1.19 bits per heavy atom. The maximum atomic E-state index is 11.2. The molecule has 2 aromatic rings. The average Bonchev–Trinajstić information content (AvgIpc) is 3.10. The normalized spacial score (nSPS) is 17.9. The fraction of sp³-hybridized carbons (Fsp3) is 0.438. The largest absolute Gasteiger partial charge is 0.353 e. The molecule has 1 atom stereocenters. The number of rotatable bonds is 6. The van der Waals surface area contributed by atoms with Gasteiger partial charge in [-0.25, -0.2) is 4.98 Å². The molecule has 0 radical (unpaired) electrons. The van der Waals surface area contributed by atoms with Crippen LogP contribution in [-0.4, -0.2) is 27.1 Å². The highest BCUT2D eigenvalue weighted by Gasteiger charge is 2.22. The van der Waals surface area contributed by atoms with Crippen molar-refractivity contribution < 1.29 is 4.79 Å². The van der Waals surface area contributed by atoms with Gasteiger partial charge in [0.15, 0.2) is 5.82 Å². The van der Waals surface area contributed by atoms with E-state index in [2.05, 4.69) is 44.8 Å². The van der Waals surface area contributed by atoms with Crippen molar-refractivity contribution in [3.8, 4) is 0 Å². The number of H-pyrrole nitrogens is 1. The molecule has 1 saturated heterocycles. The zero-order valence-electron chi connectivity index (χ0n) is 12.0. The standard InChI is InChI=1S/C16H20N4O/c21-16-10-9-13(17-16)11-15-18-14(19-20-15)8-4-7-12-5-2-1-3-6-12/h1-3,5-6,13H,4,7-11H2,(H,17,21)(H,18,19,20)/t13-/m1/s1. The summed E-state index contributed by atoms with van der Waals surface area (Å²) in [6, 6.07) is 10.7. The van der Waals surface area contributed by atoms with E-state index in [0.29, 0.717) is 6.42 Å². The summed E-state index contributed by atoms with van der Waals surface area (Å²) in [6.45, 7) is 0. The lowest BCUT2D eigenvalue weighted by Gasteiger charge is -2.05. The van der Waals surface area contributed by atoms with Crippen molar-refractivity contribution in [1.82, 2.24) is 20.5 Å². The summed E-state index contributed by atoms with van der Waals surface area (Å²) in [7, 11) is 0. The fourth-order valence-corrected chi connectivity index (χ4v) is 2.70. The van der Waals surface area contributed by atoms with Gasteiger partial charge < -0.3 is 5.32 Å². The molecule has 3 rings (SSSR count). The number of benzene rings is 1. The van der Waals surface area contributed by atoms with Gasteiger partial charge in [0, 0.05) is 25.3 Å². The van der Waals surface area contributed by atoms with Crippen LogP contribution in [0.3, 0.4) is 0 Å². The summed E-state index contributed by atoms with van der Waals surface area (Å²) in [5, 5.41) is 10.2. The SMILES string of the molecule is O=C1CC[C@H](Cc2nc(CCCc3ccccc3)n[nH]2)N1. The van der Waals surface area contributed by atoms with Crippen LogP contribution >= 0.6 is 0 Å². The van der Waals surface area contributed by atoms with Gasteiger partial charge in [0.2, 0.25) is 5.91 Å². The number of nitrogens with zero attached hydrogens (tertiary/aromatic N) is 2. The number of amides is 1. The van der Waals surface area contributed by atoms with Crippen LogP contribution in [0, 0.1) is 0 Å². The third-order valence-corrected chi connectivity index (χ3v) is 3.81. The van der Waals surface area contributed by atoms with Crippen LogP contribution < -0.4 is 5.32 Å². The van der Waals surface area contributed by atoms with Crippen molar-refractivity contribution in [3.63, 3.8) is 0 Å². The van der Waals surface area contributed by atoms with Crippen molar-refractivity contribution in [2.75, 3.05) is 0 Å². The second-order valence-corrected chi connectivity index (χ2v) is 5.54. The highest BCUT2D eigenvalue weighted by molar-refractivity contribution is 5.78. The Labute approximate surface area is 124 Å². The zero-order valence-corrected chi connectivity index (χ0v) is 12.0. The number of hydrogen-bond acceptors (Lipinski definition) is 3. The van der Waals surface area contributed by atoms with Gasteiger partial charge >= 0.3 is 0 Å². The predicted molar refractivity (Wildman–Crippen MR) is 79.7 cm³/mol. The molecular formula is C16H20N4O. The van der Waals surface area contributed by atoms with Crippen LogP contribution in [0.25, 0.3) is 0 Å². The van der Waals surface area contributed by atoms with E-state index in [0.717, 1.165) is 43.8 Å². The lowest BCUT2D eigenvalue weighted by molar-refractivity contribution is -0.119. The summed E-state index contributed by atoms with van der Waals surface area (Å²) in [5.41, 5.74) is 1.35. The Balaban J connectivity index is 1.45. The summed E-state index contributed by atoms with van der Waals surface area (Å²) in [6.07, 6.45) is 5.23. The van der Waals surface area contributed by atoms with Gasteiger partial charge in [0.1, 0.15) is 5.82 Å². The zero-order chi connectivity index (χ0) is 14.5. The molecule has 5 nitrogen and oxygen atoms in total. The van der Waals surface area contributed by atoms with Gasteiger partial charge in [-0.15, -0.1) is 0 Å². The van der Waals surface area contributed by atoms with Gasteiger partial charge in [-0.05, 0) is 24.8 Å². The molecule has 1 aliphatic heterocycles.